The molecule has 3 amide bonds. The fourth-order valence-electron chi connectivity index (χ4n) is 1.86. The molecular weight excluding hydrogens is 295 g/mol. The lowest BCUT2D eigenvalue weighted by molar-refractivity contribution is -0.159. The molecule has 1 aromatic carbocycles. The molecule has 0 spiro atoms. The Morgan fingerprint density at radius 2 is 2.05 bits per heavy atom. The summed E-state index contributed by atoms with van der Waals surface area (Å²) in [5.74, 6) is -1.47. The Kier molecular flexibility index (Phi) is 4.92. The highest BCUT2D eigenvalue weighted by Gasteiger charge is 2.31. The standard InChI is InChI=1S/C14H15FN2O5/c1-9(13(19)17-7-6-16-14(17)20)22-12(18)8-21-11-4-2-10(15)3-5-11/h2-5,9H,6-8H2,1H3,(H,16,20)/t9-/m1/s1. The minimum absolute atomic E-state index is 0.242. The first-order valence-electron chi connectivity index (χ1n) is 6.64. The zero-order chi connectivity index (χ0) is 16.1. The molecule has 118 valence electrons. The Bertz CT molecular complexity index is 575. The van der Waals surface area contributed by atoms with Gasteiger partial charge in [-0.2, -0.15) is 0 Å². The van der Waals surface area contributed by atoms with E-state index in [0.717, 1.165) is 4.90 Å². The van der Waals surface area contributed by atoms with E-state index in [9.17, 15) is 18.8 Å². The Morgan fingerprint density at radius 1 is 1.36 bits per heavy atom. The van der Waals surface area contributed by atoms with Crippen molar-refractivity contribution in [3.05, 3.63) is 30.1 Å². The van der Waals surface area contributed by atoms with E-state index < -0.39 is 36.4 Å². The molecule has 1 heterocycles. The average molecular weight is 310 g/mol. The molecule has 0 radical (unpaired) electrons. The smallest absolute Gasteiger partial charge is 0.344 e. The number of hydrogen-bond acceptors (Lipinski definition) is 5. The zero-order valence-corrected chi connectivity index (χ0v) is 11.9. The second-order valence-electron chi connectivity index (χ2n) is 4.60. The molecule has 7 nitrogen and oxygen atoms in total. The van der Waals surface area contributed by atoms with Gasteiger partial charge >= 0.3 is 12.0 Å². The SMILES string of the molecule is C[C@@H](OC(=O)COc1ccc(F)cc1)C(=O)N1CCNC1=O. The van der Waals surface area contributed by atoms with Crippen LogP contribution in [0.4, 0.5) is 9.18 Å². The van der Waals surface area contributed by atoms with Gasteiger partial charge in [-0.1, -0.05) is 0 Å². The van der Waals surface area contributed by atoms with Gasteiger partial charge < -0.3 is 14.8 Å². The third-order valence-electron chi connectivity index (χ3n) is 2.95. The number of ether oxygens (including phenoxy) is 2. The van der Waals surface area contributed by atoms with E-state index in [4.69, 9.17) is 9.47 Å². The van der Waals surface area contributed by atoms with Crippen molar-refractivity contribution in [2.45, 2.75) is 13.0 Å². The summed E-state index contributed by atoms with van der Waals surface area (Å²) in [6.45, 7) is 1.57. The second kappa shape index (κ2) is 6.88. The largest absolute Gasteiger partial charge is 0.482 e. The molecule has 8 heteroatoms. The zero-order valence-electron chi connectivity index (χ0n) is 11.9. The van der Waals surface area contributed by atoms with Gasteiger partial charge in [0.2, 0.25) is 0 Å². The van der Waals surface area contributed by atoms with Crippen molar-refractivity contribution in [1.82, 2.24) is 10.2 Å². The highest BCUT2D eigenvalue weighted by atomic mass is 19.1. The number of urea groups is 1. The Hall–Kier alpha value is -2.64. The Labute approximate surface area is 126 Å². The fourth-order valence-corrected chi connectivity index (χ4v) is 1.86. The van der Waals surface area contributed by atoms with Crippen LogP contribution >= 0.6 is 0 Å². The van der Waals surface area contributed by atoms with E-state index >= 15 is 0 Å². The van der Waals surface area contributed by atoms with Crippen LogP contribution in [0.5, 0.6) is 5.75 Å². The van der Waals surface area contributed by atoms with Crippen molar-refractivity contribution in [2.75, 3.05) is 19.7 Å². The number of halogens is 1. The quantitative estimate of drug-likeness (QED) is 0.809. The maximum atomic E-state index is 12.7. The second-order valence-corrected chi connectivity index (χ2v) is 4.60. The van der Waals surface area contributed by atoms with Crippen LogP contribution in [0.2, 0.25) is 0 Å². The lowest BCUT2D eigenvalue weighted by atomic mass is 10.3. The number of hydrogen-bond donors (Lipinski definition) is 1. The van der Waals surface area contributed by atoms with Crippen LogP contribution < -0.4 is 10.1 Å². The number of nitrogens with one attached hydrogen (secondary N) is 1. The van der Waals surface area contributed by atoms with Crippen molar-refractivity contribution in [3.63, 3.8) is 0 Å². The molecule has 0 unspecified atom stereocenters. The van der Waals surface area contributed by atoms with Gasteiger partial charge in [0, 0.05) is 13.1 Å². The molecule has 0 aromatic heterocycles. The van der Waals surface area contributed by atoms with E-state index in [1.165, 1.54) is 31.2 Å². The summed E-state index contributed by atoms with van der Waals surface area (Å²) in [6, 6.07) is 4.62. The van der Waals surface area contributed by atoms with E-state index in [1.807, 2.05) is 0 Å². The van der Waals surface area contributed by atoms with Crippen LogP contribution in [-0.4, -0.2) is 48.6 Å². The summed E-state index contributed by atoms with van der Waals surface area (Å²) in [6.07, 6.45) is -1.09. The van der Waals surface area contributed by atoms with Crippen LogP contribution in [0.25, 0.3) is 0 Å². The van der Waals surface area contributed by atoms with Gasteiger partial charge in [0.25, 0.3) is 5.91 Å². The highest BCUT2D eigenvalue weighted by molar-refractivity contribution is 5.98. The van der Waals surface area contributed by atoms with Gasteiger partial charge in [-0.15, -0.1) is 0 Å². The van der Waals surface area contributed by atoms with Crippen molar-refractivity contribution >= 4 is 17.9 Å². The molecule has 22 heavy (non-hydrogen) atoms. The van der Waals surface area contributed by atoms with E-state index in [0.29, 0.717) is 12.3 Å². The summed E-state index contributed by atoms with van der Waals surface area (Å²) in [5, 5.41) is 2.48. The number of benzene rings is 1. The van der Waals surface area contributed by atoms with Crippen molar-refractivity contribution in [1.29, 1.82) is 0 Å². The van der Waals surface area contributed by atoms with Crippen molar-refractivity contribution in [3.8, 4) is 5.75 Å². The monoisotopic (exact) mass is 310 g/mol. The molecule has 1 fully saturated rings. The number of amides is 3. The molecule has 0 bridgehead atoms. The first-order chi connectivity index (χ1) is 10.5. The highest BCUT2D eigenvalue weighted by Crippen LogP contribution is 2.11. The number of carbonyl (C=O) groups excluding carboxylic acids is 3. The number of esters is 1. The molecule has 1 N–H and O–H groups in total. The van der Waals surface area contributed by atoms with Crippen LogP contribution in [-0.2, 0) is 14.3 Å². The third kappa shape index (κ3) is 3.94. The van der Waals surface area contributed by atoms with Gasteiger partial charge in [0.1, 0.15) is 11.6 Å². The number of rotatable bonds is 5. The summed E-state index contributed by atoms with van der Waals surface area (Å²) >= 11 is 0. The van der Waals surface area contributed by atoms with E-state index in [2.05, 4.69) is 5.32 Å². The van der Waals surface area contributed by atoms with Crippen LogP contribution in [0.15, 0.2) is 24.3 Å². The number of nitrogens with zero attached hydrogens (tertiary/aromatic N) is 1. The van der Waals surface area contributed by atoms with Crippen LogP contribution in [0, 0.1) is 5.82 Å². The topological polar surface area (TPSA) is 84.9 Å². The molecule has 0 aliphatic carbocycles. The molecular formula is C14H15FN2O5. The lowest BCUT2D eigenvalue weighted by Crippen LogP contribution is -2.42. The Morgan fingerprint density at radius 3 is 2.64 bits per heavy atom. The summed E-state index contributed by atoms with van der Waals surface area (Å²) in [4.78, 5) is 35.8. The molecule has 1 atom stereocenters. The average Bonchev–Trinajstić information content (AvgIpc) is 2.92. The van der Waals surface area contributed by atoms with Gasteiger partial charge in [-0.3, -0.25) is 9.69 Å². The summed E-state index contributed by atoms with van der Waals surface area (Å²) < 4.78 is 22.7. The third-order valence-corrected chi connectivity index (χ3v) is 2.95. The van der Waals surface area contributed by atoms with Crippen molar-refractivity contribution < 1.29 is 28.2 Å². The van der Waals surface area contributed by atoms with Gasteiger partial charge in [-0.05, 0) is 31.2 Å². The predicted molar refractivity (Wildman–Crippen MR) is 72.6 cm³/mol. The summed E-state index contributed by atoms with van der Waals surface area (Å²) in [7, 11) is 0. The maximum absolute atomic E-state index is 12.7. The van der Waals surface area contributed by atoms with Crippen molar-refractivity contribution in [2.24, 2.45) is 0 Å². The lowest BCUT2D eigenvalue weighted by Gasteiger charge is -2.18. The first-order valence-corrected chi connectivity index (χ1v) is 6.64. The molecule has 1 aliphatic rings. The molecule has 1 saturated heterocycles. The predicted octanol–water partition coefficient (Wildman–Crippen LogP) is 0.688. The number of imide groups is 1. The molecule has 1 aromatic rings. The molecule has 1 aliphatic heterocycles. The normalized spacial score (nSPS) is 15.2. The van der Waals surface area contributed by atoms with Gasteiger partial charge in [-0.25, -0.2) is 14.0 Å². The minimum atomic E-state index is -1.09. The molecule has 2 rings (SSSR count). The van der Waals surface area contributed by atoms with Gasteiger partial charge in [0.15, 0.2) is 12.7 Å². The van der Waals surface area contributed by atoms with E-state index in [-0.39, 0.29) is 6.54 Å². The minimum Gasteiger partial charge on any atom is -0.482 e. The van der Waals surface area contributed by atoms with Crippen LogP contribution in [0.1, 0.15) is 6.92 Å². The first kappa shape index (κ1) is 15.7. The molecule has 0 saturated carbocycles. The number of carbonyl (C=O) groups is 3. The summed E-state index contributed by atoms with van der Waals surface area (Å²) in [5.41, 5.74) is 0. The van der Waals surface area contributed by atoms with E-state index in [1.54, 1.807) is 0 Å². The Balaban J connectivity index is 1.79. The maximum Gasteiger partial charge on any atom is 0.344 e. The van der Waals surface area contributed by atoms with Gasteiger partial charge in [0.05, 0.1) is 0 Å². The van der Waals surface area contributed by atoms with Crippen LogP contribution in [0.3, 0.4) is 0 Å². The fraction of sp³-hybridized carbons (Fsp3) is 0.357.